The third-order valence-corrected chi connectivity index (χ3v) is 4.67. The minimum absolute atomic E-state index is 0. The van der Waals surface area contributed by atoms with Gasteiger partial charge in [-0.25, -0.2) is 0 Å². The van der Waals surface area contributed by atoms with E-state index in [-0.39, 0.29) is 35.5 Å². The average molecular weight is 481 g/mol. The van der Waals surface area contributed by atoms with Crippen LogP contribution in [-0.2, 0) is 14.3 Å². The third kappa shape index (κ3) is 8.41. The van der Waals surface area contributed by atoms with Crippen molar-refractivity contribution in [3.8, 4) is 0 Å². The topological polar surface area (TPSA) is 72.0 Å². The number of nitrogens with one attached hydrogen (secondary N) is 2. The molecular weight excluding hydrogens is 445 g/mol. The Labute approximate surface area is 175 Å². The van der Waals surface area contributed by atoms with Crippen molar-refractivity contribution in [2.45, 2.75) is 96.0 Å². The van der Waals surface area contributed by atoms with Gasteiger partial charge < -0.3 is 20.1 Å². The molecule has 3 atom stereocenters. The molecule has 26 heavy (non-hydrogen) atoms. The maximum Gasteiger partial charge on any atom is 0.306 e. The van der Waals surface area contributed by atoms with Gasteiger partial charge >= 0.3 is 5.97 Å². The molecule has 0 aromatic carbocycles. The molecule has 2 N–H and O–H groups in total. The highest BCUT2D eigenvalue weighted by atomic mass is 127. The Balaban J connectivity index is 0.00000338. The molecule has 2 bridgehead atoms. The zero-order valence-corrected chi connectivity index (χ0v) is 19.0. The summed E-state index contributed by atoms with van der Waals surface area (Å²) in [4.78, 5) is 15.9. The maximum atomic E-state index is 11.6. The number of unbranched alkanes of at least 4 members (excludes halogenated alkanes) is 3. The lowest BCUT2D eigenvalue weighted by molar-refractivity contribution is -0.154. The van der Waals surface area contributed by atoms with Crippen LogP contribution in [0.1, 0.15) is 72.1 Å². The van der Waals surface area contributed by atoms with Gasteiger partial charge in [0.15, 0.2) is 5.96 Å². The first-order chi connectivity index (χ1) is 11.9. The van der Waals surface area contributed by atoms with E-state index in [4.69, 9.17) is 9.47 Å². The summed E-state index contributed by atoms with van der Waals surface area (Å²) in [5.41, 5.74) is -0.381. The fourth-order valence-electron chi connectivity index (χ4n) is 3.51. The molecular formula is C19H36IN3O3. The lowest BCUT2D eigenvalue weighted by atomic mass is 9.96. The van der Waals surface area contributed by atoms with E-state index in [0.717, 1.165) is 51.0 Å². The average Bonchev–Trinajstić information content (AvgIpc) is 3.13. The molecule has 2 heterocycles. The Kier molecular flexibility index (Phi) is 10.2. The van der Waals surface area contributed by atoms with E-state index in [9.17, 15) is 4.79 Å². The number of carbonyl (C=O) groups excluding carboxylic acids is 1. The number of esters is 1. The molecule has 2 fully saturated rings. The minimum atomic E-state index is -0.381. The van der Waals surface area contributed by atoms with E-state index in [0.29, 0.717) is 24.7 Å². The largest absolute Gasteiger partial charge is 0.460 e. The summed E-state index contributed by atoms with van der Waals surface area (Å²) in [6.07, 6.45) is 8.90. The van der Waals surface area contributed by atoms with Crippen LogP contribution in [0.4, 0.5) is 0 Å². The number of carbonyl (C=O) groups is 1. The van der Waals surface area contributed by atoms with Crippen molar-refractivity contribution in [2.75, 3.05) is 13.6 Å². The number of halogens is 1. The number of guanidine groups is 1. The molecule has 0 aliphatic carbocycles. The summed E-state index contributed by atoms with van der Waals surface area (Å²) in [6.45, 7) is 6.61. The van der Waals surface area contributed by atoms with Crippen LogP contribution in [-0.4, -0.2) is 49.4 Å². The molecule has 2 aliphatic heterocycles. The van der Waals surface area contributed by atoms with Crippen molar-refractivity contribution >= 4 is 35.9 Å². The Morgan fingerprint density at radius 3 is 2.50 bits per heavy atom. The van der Waals surface area contributed by atoms with Crippen molar-refractivity contribution in [3.05, 3.63) is 0 Å². The summed E-state index contributed by atoms with van der Waals surface area (Å²) < 4.78 is 11.2. The normalized spacial score (nSPS) is 24.9. The van der Waals surface area contributed by atoms with E-state index in [1.807, 2.05) is 27.8 Å². The molecule has 3 unspecified atom stereocenters. The molecule has 0 aromatic heterocycles. The standard InChI is InChI=1S/C19H35N3O3.HI/c1-19(2,3)25-17(23)9-7-5-6-8-12-21-18(20-4)22-15-13-14-10-11-16(15)24-14;/h14-16H,5-13H2,1-4H3,(H2,20,21,22);1H. The summed E-state index contributed by atoms with van der Waals surface area (Å²) >= 11 is 0. The predicted molar refractivity (Wildman–Crippen MR) is 115 cm³/mol. The fraction of sp³-hybridized carbons (Fsp3) is 0.895. The molecule has 0 radical (unpaired) electrons. The molecule has 152 valence electrons. The molecule has 2 aliphatic rings. The molecule has 0 saturated carbocycles. The van der Waals surface area contributed by atoms with Gasteiger partial charge in [0, 0.05) is 20.0 Å². The Morgan fingerprint density at radius 1 is 1.19 bits per heavy atom. The second-order valence-electron chi connectivity index (χ2n) is 8.11. The van der Waals surface area contributed by atoms with Crippen molar-refractivity contribution in [1.82, 2.24) is 10.6 Å². The van der Waals surface area contributed by atoms with Crippen LogP contribution in [0.5, 0.6) is 0 Å². The van der Waals surface area contributed by atoms with Gasteiger partial charge in [0.2, 0.25) is 0 Å². The van der Waals surface area contributed by atoms with E-state index < -0.39 is 0 Å². The first kappa shape index (κ1) is 23.5. The summed E-state index contributed by atoms with van der Waals surface area (Å²) in [6, 6.07) is 0.402. The number of hydrogen-bond acceptors (Lipinski definition) is 4. The van der Waals surface area contributed by atoms with Crippen LogP contribution in [0, 0.1) is 0 Å². The maximum absolute atomic E-state index is 11.6. The summed E-state index contributed by atoms with van der Waals surface area (Å²) in [5.74, 6) is 0.776. The number of fused-ring (bicyclic) bond motifs is 2. The summed E-state index contributed by atoms with van der Waals surface area (Å²) in [5, 5.41) is 6.87. The van der Waals surface area contributed by atoms with Gasteiger partial charge in [-0.15, -0.1) is 24.0 Å². The Morgan fingerprint density at radius 2 is 1.92 bits per heavy atom. The SMILES string of the molecule is CN=C(NCCCCCCC(=O)OC(C)(C)C)NC1CC2CCC1O2.I. The van der Waals surface area contributed by atoms with Crippen molar-refractivity contribution in [3.63, 3.8) is 0 Å². The van der Waals surface area contributed by atoms with E-state index in [2.05, 4.69) is 15.6 Å². The second-order valence-corrected chi connectivity index (χ2v) is 8.11. The fourth-order valence-corrected chi connectivity index (χ4v) is 3.51. The van der Waals surface area contributed by atoms with Gasteiger partial charge in [-0.2, -0.15) is 0 Å². The molecule has 0 amide bonds. The van der Waals surface area contributed by atoms with Crippen LogP contribution in [0.25, 0.3) is 0 Å². The predicted octanol–water partition coefficient (Wildman–Crippen LogP) is 3.38. The van der Waals surface area contributed by atoms with E-state index in [1.165, 1.54) is 6.42 Å². The Bertz CT molecular complexity index is 465. The number of rotatable bonds is 8. The van der Waals surface area contributed by atoms with Gasteiger partial charge in [-0.3, -0.25) is 9.79 Å². The first-order valence-corrected chi connectivity index (χ1v) is 9.72. The van der Waals surface area contributed by atoms with Crippen LogP contribution in [0.2, 0.25) is 0 Å². The zero-order valence-electron chi connectivity index (χ0n) is 16.7. The van der Waals surface area contributed by atoms with Gasteiger partial charge in [-0.05, 0) is 52.9 Å². The van der Waals surface area contributed by atoms with Gasteiger partial charge in [-0.1, -0.05) is 12.8 Å². The number of aliphatic imine (C=N–C) groups is 1. The lowest BCUT2D eigenvalue weighted by Crippen LogP contribution is -2.47. The van der Waals surface area contributed by atoms with E-state index >= 15 is 0 Å². The highest BCUT2D eigenvalue weighted by Crippen LogP contribution is 2.34. The molecule has 0 aromatic rings. The van der Waals surface area contributed by atoms with Crippen LogP contribution in [0.15, 0.2) is 4.99 Å². The highest BCUT2D eigenvalue weighted by Gasteiger charge is 2.41. The second kappa shape index (κ2) is 11.3. The highest BCUT2D eigenvalue weighted by molar-refractivity contribution is 14.0. The number of nitrogens with zero attached hydrogens (tertiary/aromatic N) is 1. The lowest BCUT2D eigenvalue weighted by Gasteiger charge is -2.22. The third-order valence-electron chi connectivity index (χ3n) is 4.67. The van der Waals surface area contributed by atoms with Gasteiger partial charge in [0.25, 0.3) is 0 Å². The quantitative estimate of drug-likeness (QED) is 0.183. The smallest absolute Gasteiger partial charge is 0.306 e. The van der Waals surface area contributed by atoms with E-state index in [1.54, 1.807) is 0 Å². The Hall–Kier alpha value is -0.570. The van der Waals surface area contributed by atoms with Crippen molar-refractivity contribution in [1.29, 1.82) is 0 Å². The van der Waals surface area contributed by atoms with Crippen LogP contribution in [0.3, 0.4) is 0 Å². The zero-order chi connectivity index (χ0) is 18.3. The minimum Gasteiger partial charge on any atom is -0.460 e. The van der Waals surface area contributed by atoms with Crippen molar-refractivity contribution < 1.29 is 14.3 Å². The monoisotopic (exact) mass is 481 g/mol. The van der Waals surface area contributed by atoms with Crippen molar-refractivity contribution in [2.24, 2.45) is 4.99 Å². The van der Waals surface area contributed by atoms with Crippen LogP contribution >= 0.6 is 24.0 Å². The van der Waals surface area contributed by atoms with Gasteiger partial charge in [0.05, 0.1) is 18.2 Å². The molecule has 2 saturated heterocycles. The number of hydrogen-bond donors (Lipinski definition) is 2. The number of ether oxygens (including phenoxy) is 2. The molecule has 0 spiro atoms. The molecule has 6 nitrogen and oxygen atoms in total. The first-order valence-electron chi connectivity index (χ1n) is 9.72. The van der Waals surface area contributed by atoms with Crippen LogP contribution < -0.4 is 10.6 Å². The molecule has 2 rings (SSSR count). The summed E-state index contributed by atoms with van der Waals surface area (Å²) in [7, 11) is 1.81. The van der Waals surface area contributed by atoms with Gasteiger partial charge in [0.1, 0.15) is 5.60 Å². The molecule has 7 heteroatoms.